The molecule has 1 N–H and O–H groups in total. The highest BCUT2D eigenvalue weighted by Crippen LogP contribution is 2.24. The van der Waals surface area contributed by atoms with Crippen molar-refractivity contribution < 1.29 is 8.42 Å². The van der Waals surface area contributed by atoms with Gasteiger partial charge in [0.1, 0.15) is 0 Å². The lowest BCUT2D eigenvalue weighted by atomic mass is 10.2. The Balaban J connectivity index is 1.74. The minimum atomic E-state index is -2.88. The molecule has 2 atom stereocenters. The third kappa shape index (κ3) is 3.66. The highest BCUT2D eigenvalue weighted by atomic mass is 32.2. The molecular weight excluding hydrogens is 236 g/mol. The van der Waals surface area contributed by atoms with Crippen LogP contribution in [0.2, 0.25) is 0 Å². The standard InChI is InChI=1S/C12H24N2O2S/c1-17(15,16)12-6-4-5-11(12)13-7-10-14-8-2-3-9-14/h11-13H,2-10H2,1H3. The monoisotopic (exact) mass is 260 g/mol. The van der Waals surface area contributed by atoms with Gasteiger partial charge in [-0.25, -0.2) is 8.42 Å². The van der Waals surface area contributed by atoms with Crippen molar-refractivity contribution in [1.82, 2.24) is 10.2 Å². The van der Waals surface area contributed by atoms with Gasteiger partial charge in [-0.2, -0.15) is 0 Å². The van der Waals surface area contributed by atoms with Gasteiger partial charge < -0.3 is 10.2 Å². The summed E-state index contributed by atoms with van der Waals surface area (Å²) in [6.45, 7) is 4.41. The van der Waals surface area contributed by atoms with E-state index in [0.717, 1.165) is 32.4 Å². The van der Waals surface area contributed by atoms with Crippen LogP contribution in [0.15, 0.2) is 0 Å². The van der Waals surface area contributed by atoms with Crippen LogP contribution in [0.1, 0.15) is 32.1 Å². The molecule has 17 heavy (non-hydrogen) atoms. The molecule has 0 aromatic rings. The number of hydrogen-bond acceptors (Lipinski definition) is 4. The molecule has 0 spiro atoms. The molecule has 100 valence electrons. The van der Waals surface area contributed by atoms with E-state index in [4.69, 9.17) is 0 Å². The Morgan fingerprint density at radius 3 is 2.53 bits per heavy atom. The smallest absolute Gasteiger partial charge is 0.151 e. The second-order valence-corrected chi connectivity index (χ2v) is 7.67. The van der Waals surface area contributed by atoms with Crippen LogP contribution < -0.4 is 5.32 Å². The molecule has 1 aliphatic heterocycles. The number of hydrogen-bond donors (Lipinski definition) is 1. The van der Waals surface area contributed by atoms with Crippen LogP contribution >= 0.6 is 0 Å². The Morgan fingerprint density at radius 1 is 1.18 bits per heavy atom. The molecule has 2 rings (SSSR count). The van der Waals surface area contributed by atoms with E-state index in [0.29, 0.717) is 0 Å². The average molecular weight is 260 g/mol. The zero-order chi connectivity index (χ0) is 12.3. The van der Waals surface area contributed by atoms with Gasteiger partial charge >= 0.3 is 0 Å². The molecule has 0 aromatic heterocycles. The Bertz CT molecular complexity index is 336. The van der Waals surface area contributed by atoms with E-state index in [2.05, 4.69) is 10.2 Å². The molecule has 5 heteroatoms. The third-order valence-corrected chi connectivity index (χ3v) is 5.70. The lowest BCUT2D eigenvalue weighted by molar-refractivity contribution is 0.327. The van der Waals surface area contributed by atoms with Crippen LogP contribution in [-0.4, -0.2) is 57.0 Å². The first-order valence-electron chi connectivity index (χ1n) is 6.72. The predicted octanol–water partition coefficient (Wildman–Crippen LogP) is 0.638. The molecule has 0 bridgehead atoms. The molecule has 1 heterocycles. The lowest BCUT2D eigenvalue weighted by Crippen LogP contribution is -2.43. The number of rotatable bonds is 5. The molecule has 0 aromatic carbocycles. The van der Waals surface area contributed by atoms with Gasteiger partial charge in [-0.15, -0.1) is 0 Å². The second kappa shape index (κ2) is 5.67. The summed E-state index contributed by atoms with van der Waals surface area (Å²) in [6, 6.07) is 0.188. The fraction of sp³-hybridized carbons (Fsp3) is 1.00. The van der Waals surface area contributed by atoms with Crippen molar-refractivity contribution in [3.05, 3.63) is 0 Å². The number of nitrogens with zero attached hydrogens (tertiary/aromatic N) is 1. The number of likely N-dealkylation sites (tertiary alicyclic amines) is 1. The summed E-state index contributed by atoms with van der Waals surface area (Å²) in [4.78, 5) is 2.46. The first kappa shape index (κ1) is 13.3. The summed E-state index contributed by atoms with van der Waals surface area (Å²) < 4.78 is 23.2. The van der Waals surface area contributed by atoms with Gasteiger partial charge in [-0.1, -0.05) is 6.42 Å². The number of nitrogens with one attached hydrogen (secondary N) is 1. The summed E-state index contributed by atoms with van der Waals surface area (Å²) in [5.74, 6) is 0. The van der Waals surface area contributed by atoms with Crippen LogP contribution in [-0.2, 0) is 9.84 Å². The third-order valence-electron chi connectivity index (χ3n) is 4.04. The zero-order valence-corrected chi connectivity index (χ0v) is 11.5. The summed E-state index contributed by atoms with van der Waals surface area (Å²) in [6.07, 6.45) is 6.89. The molecule has 2 fully saturated rings. The Kier molecular flexibility index (Phi) is 4.44. The van der Waals surface area contributed by atoms with Crippen LogP contribution in [0.5, 0.6) is 0 Å². The van der Waals surface area contributed by atoms with Crippen molar-refractivity contribution in [3.63, 3.8) is 0 Å². The van der Waals surface area contributed by atoms with E-state index < -0.39 is 9.84 Å². The van der Waals surface area contributed by atoms with Crippen molar-refractivity contribution in [1.29, 1.82) is 0 Å². The molecule has 1 saturated heterocycles. The molecule has 4 nitrogen and oxygen atoms in total. The largest absolute Gasteiger partial charge is 0.311 e. The Morgan fingerprint density at radius 2 is 1.88 bits per heavy atom. The average Bonchev–Trinajstić information content (AvgIpc) is 2.86. The molecule has 1 aliphatic carbocycles. The van der Waals surface area contributed by atoms with E-state index in [1.807, 2.05) is 0 Å². The minimum absolute atomic E-state index is 0.152. The van der Waals surface area contributed by atoms with E-state index in [1.165, 1.54) is 32.2 Å². The van der Waals surface area contributed by atoms with Crippen molar-refractivity contribution in [2.24, 2.45) is 0 Å². The van der Waals surface area contributed by atoms with E-state index in [-0.39, 0.29) is 11.3 Å². The van der Waals surface area contributed by atoms with Crippen LogP contribution in [0.3, 0.4) is 0 Å². The molecule has 0 radical (unpaired) electrons. The molecule has 1 saturated carbocycles. The Labute approximate surface area is 105 Å². The van der Waals surface area contributed by atoms with Crippen LogP contribution in [0.25, 0.3) is 0 Å². The van der Waals surface area contributed by atoms with E-state index >= 15 is 0 Å². The van der Waals surface area contributed by atoms with E-state index in [9.17, 15) is 8.42 Å². The highest BCUT2D eigenvalue weighted by molar-refractivity contribution is 7.91. The maximum atomic E-state index is 11.6. The number of sulfone groups is 1. The predicted molar refractivity (Wildman–Crippen MR) is 69.9 cm³/mol. The molecular formula is C12H24N2O2S. The van der Waals surface area contributed by atoms with Gasteiger partial charge in [0.05, 0.1) is 5.25 Å². The normalized spacial score (nSPS) is 31.1. The zero-order valence-electron chi connectivity index (χ0n) is 10.7. The van der Waals surface area contributed by atoms with Gasteiger partial charge in [0, 0.05) is 25.4 Å². The van der Waals surface area contributed by atoms with Gasteiger partial charge in [0.2, 0.25) is 0 Å². The molecule has 0 amide bonds. The maximum Gasteiger partial charge on any atom is 0.151 e. The maximum absolute atomic E-state index is 11.6. The van der Waals surface area contributed by atoms with Gasteiger partial charge in [0.25, 0.3) is 0 Å². The van der Waals surface area contributed by atoms with Crippen molar-refractivity contribution in [2.75, 3.05) is 32.4 Å². The van der Waals surface area contributed by atoms with Crippen molar-refractivity contribution >= 4 is 9.84 Å². The van der Waals surface area contributed by atoms with E-state index in [1.54, 1.807) is 0 Å². The van der Waals surface area contributed by atoms with Crippen LogP contribution in [0, 0.1) is 0 Å². The summed E-state index contributed by atoms with van der Waals surface area (Å²) in [7, 11) is -2.88. The van der Waals surface area contributed by atoms with Crippen molar-refractivity contribution in [2.45, 2.75) is 43.4 Å². The lowest BCUT2D eigenvalue weighted by Gasteiger charge is -2.21. The van der Waals surface area contributed by atoms with Gasteiger partial charge in [0.15, 0.2) is 9.84 Å². The quantitative estimate of drug-likeness (QED) is 0.788. The topological polar surface area (TPSA) is 49.4 Å². The fourth-order valence-corrected chi connectivity index (χ4v) is 4.51. The summed E-state index contributed by atoms with van der Waals surface area (Å²) in [5.41, 5.74) is 0. The summed E-state index contributed by atoms with van der Waals surface area (Å²) >= 11 is 0. The fourth-order valence-electron chi connectivity index (χ4n) is 3.09. The SMILES string of the molecule is CS(=O)(=O)C1CCCC1NCCN1CCCC1. The van der Waals surface area contributed by atoms with Crippen LogP contribution in [0.4, 0.5) is 0 Å². The molecule has 2 aliphatic rings. The second-order valence-electron chi connectivity index (χ2n) is 5.41. The first-order chi connectivity index (χ1) is 8.07. The van der Waals surface area contributed by atoms with Crippen molar-refractivity contribution in [3.8, 4) is 0 Å². The van der Waals surface area contributed by atoms with Gasteiger partial charge in [-0.3, -0.25) is 0 Å². The Hall–Kier alpha value is -0.130. The molecule has 2 unspecified atom stereocenters. The summed E-state index contributed by atoms with van der Waals surface area (Å²) in [5, 5.41) is 3.29. The first-order valence-corrected chi connectivity index (χ1v) is 8.67. The van der Waals surface area contributed by atoms with Gasteiger partial charge in [-0.05, 0) is 38.8 Å². The minimum Gasteiger partial charge on any atom is -0.311 e. The highest BCUT2D eigenvalue weighted by Gasteiger charge is 2.34.